The van der Waals surface area contributed by atoms with E-state index in [1.54, 1.807) is 24.3 Å². The molecule has 1 aromatic rings. The van der Waals surface area contributed by atoms with E-state index >= 15 is 0 Å². The van der Waals surface area contributed by atoms with E-state index in [0.717, 1.165) is 18.4 Å². The highest BCUT2D eigenvalue weighted by Crippen LogP contribution is 2.22. The highest BCUT2D eigenvalue weighted by atomic mass is 19.3. The van der Waals surface area contributed by atoms with Gasteiger partial charge < -0.3 is 10.5 Å². The standard InChI is InChI=1S/C12H15F2NO/c1-2-3-7-11(15)9-5-4-6-10(8-9)16-12(13)14/h2,4-6,8,11-12H,1,3,7,15H2/t11-/m1/s1. The van der Waals surface area contributed by atoms with E-state index in [0.29, 0.717) is 0 Å². The van der Waals surface area contributed by atoms with Crippen LogP contribution in [0.5, 0.6) is 5.75 Å². The Morgan fingerprint density at radius 3 is 2.81 bits per heavy atom. The molecule has 4 heteroatoms. The maximum atomic E-state index is 12.0. The van der Waals surface area contributed by atoms with Gasteiger partial charge in [-0.3, -0.25) is 0 Å². The van der Waals surface area contributed by atoms with Gasteiger partial charge in [-0.2, -0.15) is 8.78 Å². The third-order valence-electron chi connectivity index (χ3n) is 2.19. The molecule has 88 valence electrons. The maximum Gasteiger partial charge on any atom is 0.387 e. The molecule has 16 heavy (non-hydrogen) atoms. The molecular formula is C12H15F2NO. The van der Waals surface area contributed by atoms with Crippen molar-refractivity contribution < 1.29 is 13.5 Å². The number of nitrogens with two attached hydrogens (primary N) is 1. The Morgan fingerprint density at radius 1 is 1.44 bits per heavy atom. The van der Waals surface area contributed by atoms with Crippen LogP contribution in [-0.4, -0.2) is 6.61 Å². The monoisotopic (exact) mass is 227 g/mol. The molecule has 0 saturated heterocycles. The lowest BCUT2D eigenvalue weighted by Crippen LogP contribution is -2.10. The summed E-state index contributed by atoms with van der Waals surface area (Å²) in [5.74, 6) is 0.140. The van der Waals surface area contributed by atoms with Crippen LogP contribution in [0.15, 0.2) is 36.9 Å². The summed E-state index contributed by atoms with van der Waals surface area (Å²) in [7, 11) is 0. The van der Waals surface area contributed by atoms with Crippen LogP contribution in [0.1, 0.15) is 24.4 Å². The lowest BCUT2D eigenvalue weighted by Gasteiger charge is -2.12. The summed E-state index contributed by atoms with van der Waals surface area (Å²) in [5.41, 5.74) is 6.68. The van der Waals surface area contributed by atoms with Gasteiger partial charge in [0.2, 0.25) is 0 Å². The van der Waals surface area contributed by atoms with Crippen LogP contribution < -0.4 is 10.5 Å². The van der Waals surface area contributed by atoms with Gasteiger partial charge in [-0.25, -0.2) is 0 Å². The lowest BCUT2D eigenvalue weighted by molar-refractivity contribution is -0.0498. The molecule has 2 nitrogen and oxygen atoms in total. The van der Waals surface area contributed by atoms with Crippen molar-refractivity contribution in [3.8, 4) is 5.75 Å². The summed E-state index contributed by atoms with van der Waals surface area (Å²) in [6.07, 6.45) is 3.31. The van der Waals surface area contributed by atoms with Crippen LogP contribution in [0.3, 0.4) is 0 Å². The average Bonchev–Trinajstić information content (AvgIpc) is 2.25. The van der Waals surface area contributed by atoms with Crippen LogP contribution in [-0.2, 0) is 0 Å². The maximum absolute atomic E-state index is 12.0. The van der Waals surface area contributed by atoms with Crippen LogP contribution >= 0.6 is 0 Å². The van der Waals surface area contributed by atoms with Gasteiger partial charge in [-0.1, -0.05) is 18.2 Å². The van der Waals surface area contributed by atoms with Crippen LogP contribution in [0, 0.1) is 0 Å². The molecule has 0 spiro atoms. The van der Waals surface area contributed by atoms with Gasteiger partial charge in [0.1, 0.15) is 5.75 Å². The summed E-state index contributed by atoms with van der Waals surface area (Å²) in [6.45, 7) is 0.798. The second-order valence-electron chi connectivity index (χ2n) is 3.42. The Kier molecular flexibility index (Phi) is 4.92. The van der Waals surface area contributed by atoms with Crippen LogP contribution in [0.2, 0.25) is 0 Å². The Bertz CT molecular complexity index is 342. The van der Waals surface area contributed by atoms with Gasteiger partial charge in [0, 0.05) is 6.04 Å². The number of benzene rings is 1. The minimum absolute atomic E-state index is 0.140. The first kappa shape index (κ1) is 12.6. The quantitative estimate of drug-likeness (QED) is 0.757. The Hall–Kier alpha value is -1.42. The van der Waals surface area contributed by atoms with E-state index < -0.39 is 6.61 Å². The molecular weight excluding hydrogens is 212 g/mol. The first-order chi connectivity index (χ1) is 7.63. The summed E-state index contributed by atoms with van der Waals surface area (Å²) in [6, 6.07) is 6.29. The zero-order valence-electron chi connectivity index (χ0n) is 8.90. The van der Waals surface area contributed by atoms with E-state index in [1.807, 2.05) is 0 Å². The third kappa shape index (κ3) is 3.98. The molecule has 0 aliphatic carbocycles. The smallest absolute Gasteiger partial charge is 0.387 e. The Balaban J connectivity index is 2.69. The number of alkyl halides is 2. The molecule has 1 aromatic carbocycles. The van der Waals surface area contributed by atoms with Crippen molar-refractivity contribution in [1.82, 2.24) is 0 Å². The first-order valence-electron chi connectivity index (χ1n) is 5.04. The zero-order valence-corrected chi connectivity index (χ0v) is 8.90. The van der Waals surface area contributed by atoms with Crippen LogP contribution in [0.4, 0.5) is 8.78 Å². The van der Waals surface area contributed by atoms with Gasteiger partial charge in [-0.05, 0) is 30.5 Å². The fourth-order valence-corrected chi connectivity index (χ4v) is 1.39. The van der Waals surface area contributed by atoms with Gasteiger partial charge in [-0.15, -0.1) is 6.58 Å². The predicted octanol–water partition coefficient (Wildman–Crippen LogP) is 3.25. The molecule has 0 aliphatic rings. The highest BCUT2D eigenvalue weighted by molar-refractivity contribution is 5.30. The molecule has 0 aliphatic heterocycles. The summed E-state index contributed by atoms with van der Waals surface area (Å²) in [5, 5.41) is 0. The number of hydrogen-bond acceptors (Lipinski definition) is 2. The lowest BCUT2D eigenvalue weighted by atomic mass is 10.0. The van der Waals surface area contributed by atoms with Gasteiger partial charge >= 0.3 is 6.61 Å². The van der Waals surface area contributed by atoms with Gasteiger partial charge in [0.05, 0.1) is 0 Å². The van der Waals surface area contributed by atoms with Crippen molar-refractivity contribution >= 4 is 0 Å². The SMILES string of the molecule is C=CCC[C@@H](N)c1cccc(OC(F)F)c1. The molecule has 1 atom stereocenters. The molecule has 0 unspecified atom stereocenters. The van der Waals surface area contributed by atoms with Gasteiger partial charge in [0.25, 0.3) is 0 Å². The summed E-state index contributed by atoms with van der Waals surface area (Å²) < 4.78 is 28.3. The highest BCUT2D eigenvalue weighted by Gasteiger charge is 2.08. The van der Waals surface area contributed by atoms with Crippen molar-refractivity contribution in [2.45, 2.75) is 25.5 Å². The van der Waals surface area contributed by atoms with Crippen molar-refractivity contribution in [2.75, 3.05) is 0 Å². The third-order valence-corrected chi connectivity index (χ3v) is 2.19. The fraction of sp³-hybridized carbons (Fsp3) is 0.333. The van der Waals surface area contributed by atoms with Crippen molar-refractivity contribution in [3.05, 3.63) is 42.5 Å². The molecule has 1 rings (SSSR count). The molecule has 0 bridgehead atoms. The minimum Gasteiger partial charge on any atom is -0.435 e. The van der Waals surface area contributed by atoms with Gasteiger partial charge in [0.15, 0.2) is 0 Å². The largest absolute Gasteiger partial charge is 0.435 e. The predicted molar refractivity (Wildman–Crippen MR) is 59.4 cm³/mol. The molecule has 2 N–H and O–H groups in total. The van der Waals surface area contributed by atoms with Crippen molar-refractivity contribution in [2.24, 2.45) is 5.73 Å². The second kappa shape index (κ2) is 6.23. The molecule has 0 radical (unpaired) electrons. The Labute approximate surface area is 93.7 Å². The van der Waals surface area contributed by atoms with E-state index in [2.05, 4.69) is 11.3 Å². The number of rotatable bonds is 6. The number of allylic oxidation sites excluding steroid dienone is 1. The van der Waals surface area contributed by atoms with E-state index in [1.165, 1.54) is 6.07 Å². The number of hydrogen-bond donors (Lipinski definition) is 1. The summed E-state index contributed by atoms with van der Waals surface area (Å²) in [4.78, 5) is 0. The first-order valence-corrected chi connectivity index (χ1v) is 5.04. The summed E-state index contributed by atoms with van der Waals surface area (Å²) >= 11 is 0. The van der Waals surface area contributed by atoms with E-state index in [-0.39, 0.29) is 11.8 Å². The molecule has 0 aromatic heterocycles. The van der Waals surface area contributed by atoms with E-state index in [4.69, 9.17) is 5.73 Å². The van der Waals surface area contributed by atoms with E-state index in [9.17, 15) is 8.78 Å². The molecule has 0 heterocycles. The number of halogens is 2. The molecule has 0 amide bonds. The van der Waals surface area contributed by atoms with Crippen molar-refractivity contribution in [1.29, 1.82) is 0 Å². The molecule has 0 fully saturated rings. The number of ether oxygens (including phenoxy) is 1. The average molecular weight is 227 g/mol. The Morgan fingerprint density at radius 2 is 2.19 bits per heavy atom. The minimum atomic E-state index is -2.81. The second-order valence-corrected chi connectivity index (χ2v) is 3.42. The molecule has 0 saturated carbocycles. The normalized spacial score (nSPS) is 12.5. The van der Waals surface area contributed by atoms with Crippen LogP contribution in [0.25, 0.3) is 0 Å². The topological polar surface area (TPSA) is 35.2 Å². The zero-order chi connectivity index (χ0) is 12.0. The van der Waals surface area contributed by atoms with Crippen molar-refractivity contribution in [3.63, 3.8) is 0 Å². The fourth-order valence-electron chi connectivity index (χ4n) is 1.39.